The smallest absolute Gasteiger partial charge is 0.277 e. The van der Waals surface area contributed by atoms with Crippen LogP contribution in [0.2, 0.25) is 15.1 Å². The standard InChI is InChI=1S/C23H18Cl3N3O3/c1-14(28-29-22(30)13-32-21-11-8-18(25)12-20(21)26)15-4-9-19(10-5-15)27-23(31)16-2-6-17(24)7-3-16/h2-12H,13H2,1H3,(H,27,31)(H,29,30)/b28-14+. The molecule has 0 bridgehead atoms. The van der Waals surface area contributed by atoms with Gasteiger partial charge in [0.1, 0.15) is 5.75 Å². The van der Waals surface area contributed by atoms with Crippen LogP contribution in [0.5, 0.6) is 5.75 Å². The maximum atomic E-state index is 12.3. The largest absolute Gasteiger partial charge is 0.482 e. The Morgan fingerprint density at radius 1 is 0.875 bits per heavy atom. The number of rotatable bonds is 7. The molecular weight excluding hydrogens is 473 g/mol. The summed E-state index contributed by atoms with van der Waals surface area (Å²) in [6.45, 7) is 1.49. The number of hydrogen-bond donors (Lipinski definition) is 2. The zero-order chi connectivity index (χ0) is 23.1. The summed E-state index contributed by atoms with van der Waals surface area (Å²) in [4.78, 5) is 24.3. The van der Waals surface area contributed by atoms with Crippen molar-refractivity contribution in [2.75, 3.05) is 11.9 Å². The molecule has 0 heterocycles. The Hall–Kier alpha value is -3.06. The number of ether oxygens (including phenoxy) is 1. The average molecular weight is 491 g/mol. The van der Waals surface area contributed by atoms with E-state index in [1.807, 2.05) is 0 Å². The van der Waals surface area contributed by atoms with E-state index in [0.29, 0.717) is 37.8 Å². The molecule has 3 aromatic carbocycles. The predicted octanol–water partition coefficient (Wildman–Crippen LogP) is 5.82. The summed E-state index contributed by atoms with van der Waals surface area (Å²) in [6, 6.07) is 18.4. The highest BCUT2D eigenvalue weighted by molar-refractivity contribution is 6.35. The molecule has 0 aliphatic heterocycles. The van der Waals surface area contributed by atoms with Gasteiger partial charge in [-0.05, 0) is 67.1 Å². The number of hydrogen-bond acceptors (Lipinski definition) is 4. The van der Waals surface area contributed by atoms with Gasteiger partial charge in [0.05, 0.1) is 10.7 Å². The number of anilines is 1. The predicted molar refractivity (Wildman–Crippen MR) is 128 cm³/mol. The van der Waals surface area contributed by atoms with Gasteiger partial charge in [-0.1, -0.05) is 46.9 Å². The van der Waals surface area contributed by atoms with Crippen molar-refractivity contribution < 1.29 is 14.3 Å². The lowest BCUT2D eigenvalue weighted by Gasteiger charge is -2.08. The second-order valence-electron chi connectivity index (χ2n) is 6.63. The number of hydrazone groups is 1. The van der Waals surface area contributed by atoms with Crippen LogP contribution in [0.3, 0.4) is 0 Å². The van der Waals surface area contributed by atoms with E-state index in [9.17, 15) is 9.59 Å². The van der Waals surface area contributed by atoms with Crippen molar-refractivity contribution in [1.82, 2.24) is 5.43 Å². The van der Waals surface area contributed by atoms with Crippen LogP contribution in [0, 0.1) is 0 Å². The molecule has 9 heteroatoms. The molecule has 0 radical (unpaired) electrons. The van der Waals surface area contributed by atoms with E-state index in [-0.39, 0.29) is 12.5 Å². The van der Waals surface area contributed by atoms with Gasteiger partial charge >= 0.3 is 0 Å². The summed E-state index contributed by atoms with van der Waals surface area (Å²) in [5, 5.41) is 8.23. The van der Waals surface area contributed by atoms with Crippen LogP contribution < -0.4 is 15.5 Å². The minimum atomic E-state index is -0.442. The van der Waals surface area contributed by atoms with E-state index >= 15 is 0 Å². The minimum Gasteiger partial charge on any atom is -0.482 e. The molecule has 0 spiro atoms. The SMILES string of the molecule is C/C(=N\NC(=O)COc1ccc(Cl)cc1Cl)c1ccc(NC(=O)c2ccc(Cl)cc2)cc1. The number of amides is 2. The van der Waals surface area contributed by atoms with Gasteiger partial charge in [0.2, 0.25) is 0 Å². The van der Waals surface area contributed by atoms with Crippen molar-refractivity contribution in [2.24, 2.45) is 5.10 Å². The van der Waals surface area contributed by atoms with E-state index in [1.54, 1.807) is 67.6 Å². The lowest BCUT2D eigenvalue weighted by Crippen LogP contribution is -2.25. The quantitative estimate of drug-likeness (QED) is 0.323. The molecular formula is C23H18Cl3N3O3. The lowest BCUT2D eigenvalue weighted by molar-refractivity contribution is -0.123. The fourth-order valence-corrected chi connectivity index (χ4v) is 3.17. The minimum absolute atomic E-state index is 0.243. The van der Waals surface area contributed by atoms with Gasteiger partial charge in [0, 0.05) is 21.3 Å². The van der Waals surface area contributed by atoms with Crippen LogP contribution in [0.15, 0.2) is 71.8 Å². The second-order valence-corrected chi connectivity index (χ2v) is 7.91. The van der Waals surface area contributed by atoms with Gasteiger partial charge < -0.3 is 10.1 Å². The van der Waals surface area contributed by atoms with Crippen molar-refractivity contribution in [3.8, 4) is 5.75 Å². The van der Waals surface area contributed by atoms with Crippen LogP contribution in [0.1, 0.15) is 22.8 Å². The topological polar surface area (TPSA) is 79.8 Å². The molecule has 0 unspecified atom stereocenters. The maximum absolute atomic E-state index is 12.3. The van der Waals surface area contributed by atoms with Crippen molar-refractivity contribution in [1.29, 1.82) is 0 Å². The summed E-state index contributed by atoms with van der Waals surface area (Å²) in [7, 11) is 0. The third-order valence-corrected chi connectivity index (χ3v) is 5.05. The van der Waals surface area contributed by atoms with Crippen LogP contribution in [0.4, 0.5) is 5.69 Å². The molecule has 3 aromatic rings. The maximum Gasteiger partial charge on any atom is 0.277 e. The summed E-state index contributed by atoms with van der Waals surface area (Å²) in [5.74, 6) is -0.335. The Labute approximate surface area is 200 Å². The molecule has 0 aliphatic carbocycles. The summed E-state index contributed by atoms with van der Waals surface area (Å²) in [6.07, 6.45) is 0. The highest BCUT2D eigenvalue weighted by atomic mass is 35.5. The van der Waals surface area contributed by atoms with Gasteiger partial charge in [-0.15, -0.1) is 0 Å². The third kappa shape index (κ3) is 6.72. The molecule has 32 heavy (non-hydrogen) atoms. The van der Waals surface area contributed by atoms with Gasteiger partial charge in [0.15, 0.2) is 6.61 Å². The summed E-state index contributed by atoms with van der Waals surface area (Å²) >= 11 is 17.7. The molecule has 6 nitrogen and oxygen atoms in total. The fraction of sp³-hybridized carbons (Fsp3) is 0.0870. The van der Waals surface area contributed by atoms with Crippen molar-refractivity contribution in [3.05, 3.63) is 92.9 Å². The molecule has 3 rings (SSSR count). The Morgan fingerprint density at radius 3 is 2.16 bits per heavy atom. The molecule has 0 saturated carbocycles. The first-order valence-corrected chi connectivity index (χ1v) is 10.5. The molecule has 2 amide bonds. The Balaban J connectivity index is 1.52. The van der Waals surface area contributed by atoms with Gasteiger partial charge in [-0.25, -0.2) is 5.43 Å². The highest BCUT2D eigenvalue weighted by Crippen LogP contribution is 2.27. The average Bonchev–Trinajstić information content (AvgIpc) is 2.77. The highest BCUT2D eigenvalue weighted by Gasteiger charge is 2.08. The van der Waals surface area contributed by atoms with Gasteiger partial charge in [-0.3, -0.25) is 9.59 Å². The molecule has 0 fully saturated rings. The van der Waals surface area contributed by atoms with Crippen LogP contribution in [0.25, 0.3) is 0 Å². The van der Waals surface area contributed by atoms with E-state index in [0.717, 1.165) is 5.56 Å². The van der Waals surface area contributed by atoms with Crippen LogP contribution in [-0.4, -0.2) is 24.1 Å². The molecule has 2 N–H and O–H groups in total. The first-order valence-electron chi connectivity index (χ1n) is 9.40. The van der Waals surface area contributed by atoms with E-state index < -0.39 is 5.91 Å². The number of halogens is 3. The summed E-state index contributed by atoms with van der Waals surface area (Å²) in [5.41, 5.74) is 4.91. The first-order chi connectivity index (χ1) is 15.3. The number of nitrogens with one attached hydrogen (secondary N) is 2. The molecule has 0 saturated heterocycles. The second kappa shape index (κ2) is 11.0. The first kappa shape index (κ1) is 23.6. The molecule has 0 atom stereocenters. The van der Waals surface area contributed by atoms with Crippen molar-refractivity contribution in [3.63, 3.8) is 0 Å². The molecule has 0 aromatic heterocycles. The number of nitrogens with zero attached hydrogens (tertiary/aromatic N) is 1. The summed E-state index contributed by atoms with van der Waals surface area (Å²) < 4.78 is 5.37. The van der Waals surface area contributed by atoms with E-state index in [4.69, 9.17) is 39.5 Å². The Morgan fingerprint density at radius 2 is 1.50 bits per heavy atom. The van der Waals surface area contributed by atoms with Crippen LogP contribution in [-0.2, 0) is 4.79 Å². The zero-order valence-electron chi connectivity index (χ0n) is 16.9. The van der Waals surface area contributed by atoms with Crippen molar-refractivity contribution in [2.45, 2.75) is 6.92 Å². The van der Waals surface area contributed by atoms with E-state index in [2.05, 4.69) is 15.8 Å². The number of carbonyl (C=O) groups is 2. The van der Waals surface area contributed by atoms with Gasteiger partial charge in [-0.2, -0.15) is 5.10 Å². The lowest BCUT2D eigenvalue weighted by atomic mass is 10.1. The number of carbonyl (C=O) groups excluding carboxylic acids is 2. The monoisotopic (exact) mass is 489 g/mol. The van der Waals surface area contributed by atoms with Crippen LogP contribution >= 0.6 is 34.8 Å². The van der Waals surface area contributed by atoms with Crippen molar-refractivity contribution >= 4 is 58.0 Å². The Kier molecular flexibility index (Phi) is 8.11. The Bertz CT molecular complexity index is 1150. The molecule has 0 aliphatic rings. The zero-order valence-corrected chi connectivity index (χ0v) is 19.1. The third-order valence-electron chi connectivity index (χ3n) is 4.27. The normalized spacial score (nSPS) is 11.1. The molecule has 164 valence electrons. The van der Waals surface area contributed by atoms with Gasteiger partial charge in [0.25, 0.3) is 11.8 Å². The van der Waals surface area contributed by atoms with E-state index in [1.165, 1.54) is 6.07 Å². The fourth-order valence-electron chi connectivity index (χ4n) is 2.58. The number of benzene rings is 3.